The standard InChI is InChI=1S/C12H16N2O2/c1-7(2)10-4-3-8(12(16)14-10)9-5-6-13-11(9)15/h3-4,7,9H,5-6H2,1-2H3,(H,13,15)(H,14,16). The van der Waals surface area contributed by atoms with Crippen molar-refractivity contribution in [3.8, 4) is 0 Å². The number of carbonyl (C=O) groups is 1. The molecule has 2 N–H and O–H groups in total. The Bertz CT molecular complexity index is 462. The molecule has 2 heterocycles. The van der Waals surface area contributed by atoms with E-state index in [1.807, 2.05) is 19.9 Å². The third-order valence-corrected chi connectivity index (χ3v) is 3.01. The monoisotopic (exact) mass is 220 g/mol. The van der Waals surface area contributed by atoms with Gasteiger partial charge in [-0.25, -0.2) is 0 Å². The SMILES string of the molecule is CC(C)c1ccc(C2CCNC2=O)c(=O)[nH]1. The van der Waals surface area contributed by atoms with Gasteiger partial charge in [0.1, 0.15) is 0 Å². The van der Waals surface area contributed by atoms with Crippen LogP contribution in [0.1, 0.15) is 43.4 Å². The van der Waals surface area contributed by atoms with Gasteiger partial charge in [-0.3, -0.25) is 9.59 Å². The zero-order valence-electron chi connectivity index (χ0n) is 9.54. The van der Waals surface area contributed by atoms with Crippen LogP contribution in [0.5, 0.6) is 0 Å². The maximum atomic E-state index is 11.8. The van der Waals surface area contributed by atoms with E-state index in [1.165, 1.54) is 0 Å². The van der Waals surface area contributed by atoms with Crippen molar-refractivity contribution in [2.75, 3.05) is 6.54 Å². The molecule has 0 aromatic carbocycles. The molecule has 4 nitrogen and oxygen atoms in total. The first-order valence-electron chi connectivity index (χ1n) is 5.60. The highest BCUT2D eigenvalue weighted by Gasteiger charge is 2.27. The molecule has 16 heavy (non-hydrogen) atoms. The highest BCUT2D eigenvalue weighted by Crippen LogP contribution is 2.21. The molecule has 1 aromatic heterocycles. The van der Waals surface area contributed by atoms with Gasteiger partial charge in [0.15, 0.2) is 0 Å². The van der Waals surface area contributed by atoms with E-state index >= 15 is 0 Å². The number of amides is 1. The van der Waals surface area contributed by atoms with Gasteiger partial charge in [-0.15, -0.1) is 0 Å². The first-order valence-corrected chi connectivity index (χ1v) is 5.60. The molecular weight excluding hydrogens is 204 g/mol. The second-order valence-electron chi connectivity index (χ2n) is 4.49. The summed E-state index contributed by atoms with van der Waals surface area (Å²) >= 11 is 0. The Morgan fingerprint density at radius 2 is 2.06 bits per heavy atom. The van der Waals surface area contributed by atoms with Crippen LogP contribution in [-0.4, -0.2) is 17.4 Å². The first kappa shape index (κ1) is 10.9. The summed E-state index contributed by atoms with van der Waals surface area (Å²) in [6.45, 7) is 4.70. The fourth-order valence-corrected chi connectivity index (χ4v) is 2.00. The highest BCUT2D eigenvalue weighted by molar-refractivity contribution is 5.85. The van der Waals surface area contributed by atoms with E-state index in [0.29, 0.717) is 24.4 Å². The van der Waals surface area contributed by atoms with Gasteiger partial charge in [0, 0.05) is 17.8 Å². The molecular formula is C12H16N2O2. The molecule has 0 radical (unpaired) electrons. The molecule has 4 heteroatoms. The number of aromatic amines is 1. The van der Waals surface area contributed by atoms with Gasteiger partial charge >= 0.3 is 0 Å². The lowest BCUT2D eigenvalue weighted by Crippen LogP contribution is -2.24. The summed E-state index contributed by atoms with van der Waals surface area (Å²) in [5.74, 6) is -0.0214. The zero-order chi connectivity index (χ0) is 11.7. The Kier molecular flexibility index (Phi) is 2.81. The van der Waals surface area contributed by atoms with Gasteiger partial charge in [-0.2, -0.15) is 0 Å². The zero-order valence-corrected chi connectivity index (χ0v) is 9.54. The second-order valence-corrected chi connectivity index (χ2v) is 4.49. The summed E-state index contributed by atoms with van der Waals surface area (Å²) in [6.07, 6.45) is 0.711. The van der Waals surface area contributed by atoms with Crippen LogP contribution >= 0.6 is 0 Å². The van der Waals surface area contributed by atoms with Crippen LogP contribution in [0.3, 0.4) is 0 Å². The van der Waals surface area contributed by atoms with Crippen molar-refractivity contribution in [2.45, 2.75) is 32.1 Å². The maximum absolute atomic E-state index is 11.8. The second kappa shape index (κ2) is 4.12. The van der Waals surface area contributed by atoms with Crippen LogP contribution in [0.4, 0.5) is 0 Å². The van der Waals surface area contributed by atoms with Crippen molar-refractivity contribution >= 4 is 5.91 Å². The van der Waals surface area contributed by atoms with Crippen molar-refractivity contribution in [1.82, 2.24) is 10.3 Å². The molecule has 1 atom stereocenters. The first-order chi connectivity index (χ1) is 7.59. The molecule has 1 aliphatic rings. The molecule has 1 fully saturated rings. The predicted octanol–water partition coefficient (Wildman–Crippen LogP) is 1.10. The summed E-state index contributed by atoms with van der Waals surface area (Å²) < 4.78 is 0. The van der Waals surface area contributed by atoms with E-state index in [0.717, 1.165) is 5.69 Å². The van der Waals surface area contributed by atoms with Crippen molar-refractivity contribution in [3.05, 3.63) is 33.7 Å². The maximum Gasteiger partial charge on any atom is 0.252 e. The van der Waals surface area contributed by atoms with Crippen LogP contribution in [0, 0.1) is 0 Å². The van der Waals surface area contributed by atoms with Crippen LogP contribution in [-0.2, 0) is 4.79 Å². The van der Waals surface area contributed by atoms with E-state index in [1.54, 1.807) is 6.07 Å². The molecule has 1 aromatic rings. The van der Waals surface area contributed by atoms with Crippen molar-refractivity contribution in [3.63, 3.8) is 0 Å². The molecule has 0 saturated carbocycles. The van der Waals surface area contributed by atoms with Crippen molar-refractivity contribution in [1.29, 1.82) is 0 Å². The minimum absolute atomic E-state index is 0.0391. The fourth-order valence-electron chi connectivity index (χ4n) is 2.00. The Morgan fingerprint density at radius 1 is 1.31 bits per heavy atom. The molecule has 1 unspecified atom stereocenters. The summed E-state index contributed by atoms with van der Waals surface area (Å²) in [5, 5.41) is 2.74. The largest absolute Gasteiger partial charge is 0.356 e. The third-order valence-electron chi connectivity index (χ3n) is 3.01. The number of nitrogens with one attached hydrogen (secondary N) is 2. The minimum Gasteiger partial charge on any atom is -0.356 e. The number of carbonyl (C=O) groups excluding carboxylic acids is 1. The number of aromatic nitrogens is 1. The van der Waals surface area contributed by atoms with Crippen LogP contribution in [0.25, 0.3) is 0 Å². The number of pyridine rings is 1. The number of rotatable bonds is 2. The molecule has 0 spiro atoms. The summed E-state index contributed by atoms with van der Waals surface area (Å²) in [5.41, 5.74) is 1.36. The van der Waals surface area contributed by atoms with Gasteiger partial charge in [0.05, 0.1) is 5.92 Å². The summed E-state index contributed by atoms with van der Waals surface area (Å²) in [7, 11) is 0. The third kappa shape index (κ3) is 1.87. The van der Waals surface area contributed by atoms with Crippen molar-refractivity contribution < 1.29 is 4.79 Å². The van der Waals surface area contributed by atoms with Crippen LogP contribution in [0.2, 0.25) is 0 Å². The normalized spacial score (nSPS) is 20.2. The lowest BCUT2D eigenvalue weighted by Gasteiger charge is -2.09. The Morgan fingerprint density at radius 3 is 2.56 bits per heavy atom. The van der Waals surface area contributed by atoms with Gasteiger partial charge in [-0.1, -0.05) is 19.9 Å². The van der Waals surface area contributed by atoms with E-state index in [2.05, 4.69) is 10.3 Å². The van der Waals surface area contributed by atoms with E-state index in [9.17, 15) is 9.59 Å². The molecule has 2 rings (SSSR count). The quantitative estimate of drug-likeness (QED) is 0.784. The molecule has 86 valence electrons. The number of hydrogen-bond acceptors (Lipinski definition) is 2. The molecule has 0 bridgehead atoms. The average molecular weight is 220 g/mol. The topological polar surface area (TPSA) is 62.0 Å². The molecule has 1 saturated heterocycles. The van der Waals surface area contributed by atoms with Gasteiger partial charge in [0.25, 0.3) is 5.56 Å². The van der Waals surface area contributed by atoms with Gasteiger partial charge < -0.3 is 10.3 Å². The predicted molar refractivity (Wildman–Crippen MR) is 61.5 cm³/mol. The smallest absolute Gasteiger partial charge is 0.252 e. The Labute approximate surface area is 94.1 Å². The van der Waals surface area contributed by atoms with E-state index in [4.69, 9.17) is 0 Å². The number of H-pyrrole nitrogens is 1. The Balaban J connectivity index is 2.36. The van der Waals surface area contributed by atoms with E-state index < -0.39 is 0 Å². The summed E-state index contributed by atoms with van der Waals surface area (Å²) in [6, 6.07) is 3.68. The molecule has 1 amide bonds. The van der Waals surface area contributed by atoms with Gasteiger partial charge in [0.2, 0.25) is 5.91 Å². The average Bonchev–Trinajstić information content (AvgIpc) is 2.64. The highest BCUT2D eigenvalue weighted by atomic mass is 16.2. The molecule has 1 aliphatic heterocycles. The Hall–Kier alpha value is -1.58. The van der Waals surface area contributed by atoms with Crippen LogP contribution in [0.15, 0.2) is 16.9 Å². The lowest BCUT2D eigenvalue weighted by molar-refractivity contribution is -0.120. The fraction of sp³-hybridized carbons (Fsp3) is 0.500. The number of hydrogen-bond donors (Lipinski definition) is 2. The van der Waals surface area contributed by atoms with Crippen molar-refractivity contribution in [2.24, 2.45) is 0 Å². The minimum atomic E-state index is -0.273. The van der Waals surface area contributed by atoms with E-state index in [-0.39, 0.29) is 17.4 Å². The molecule has 0 aliphatic carbocycles. The summed E-state index contributed by atoms with van der Waals surface area (Å²) in [4.78, 5) is 26.2. The van der Waals surface area contributed by atoms with Gasteiger partial charge in [-0.05, 0) is 18.4 Å². The van der Waals surface area contributed by atoms with Crippen LogP contribution < -0.4 is 10.9 Å². The lowest BCUT2D eigenvalue weighted by atomic mass is 9.98.